The van der Waals surface area contributed by atoms with Crippen molar-refractivity contribution in [2.75, 3.05) is 0 Å². The highest BCUT2D eigenvalue weighted by atomic mass is 19.4. The van der Waals surface area contributed by atoms with Gasteiger partial charge in [0, 0.05) is 0 Å². The van der Waals surface area contributed by atoms with Crippen molar-refractivity contribution in [3.63, 3.8) is 0 Å². The van der Waals surface area contributed by atoms with E-state index in [0.717, 1.165) is 0 Å². The lowest BCUT2D eigenvalue weighted by Gasteiger charge is -2.10. The van der Waals surface area contributed by atoms with Gasteiger partial charge in [-0.15, -0.1) is 26.3 Å². The van der Waals surface area contributed by atoms with Crippen molar-refractivity contribution in [3.05, 3.63) is 71.3 Å². The van der Waals surface area contributed by atoms with Gasteiger partial charge in [0.1, 0.15) is 0 Å². The Hall–Kier alpha value is -3.82. The molecule has 0 amide bonds. The Morgan fingerprint density at radius 1 is 0.469 bits per heavy atom. The fourth-order valence-electron chi connectivity index (χ4n) is 3.69. The Bertz CT molecular complexity index is 1250. The van der Waals surface area contributed by atoms with E-state index in [-0.39, 0.29) is 54.0 Å². The molecule has 0 saturated carbocycles. The van der Waals surface area contributed by atoms with Crippen LogP contribution in [0.4, 0.5) is 26.3 Å². The molecule has 5 heterocycles. The third-order valence-corrected chi connectivity index (χ3v) is 4.94. The van der Waals surface area contributed by atoms with Gasteiger partial charge >= 0.3 is 12.6 Å². The molecule has 2 aliphatic heterocycles. The predicted molar refractivity (Wildman–Crippen MR) is 109 cm³/mol. The molecule has 0 atom stereocenters. The number of hydrogen-bond donors (Lipinski definition) is 0. The van der Waals surface area contributed by atoms with E-state index in [2.05, 4.69) is 9.97 Å². The quantitative estimate of drug-likeness (QED) is 0.253. The number of halogens is 6. The Balaban J connectivity index is 1.92. The van der Waals surface area contributed by atoms with Crippen LogP contribution in [-0.4, -0.2) is 19.1 Å². The van der Waals surface area contributed by atoms with Gasteiger partial charge in [-0.1, -0.05) is 0 Å². The van der Waals surface area contributed by atoms with Gasteiger partial charge in [-0.05, 0) is 72.8 Å². The fourth-order valence-corrected chi connectivity index (χ4v) is 3.69. The summed E-state index contributed by atoms with van der Waals surface area (Å²) in [5.41, 5.74) is 0.0700. The topological polar surface area (TPSA) is 35.6 Å². The summed E-state index contributed by atoms with van der Waals surface area (Å²) < 4.78 is 83.0. The Morgan fingerprint density at radius 2 is 0.719 bits per heavy atom. The summed E-state index contributed by atoms with van der Waals surface area (Å²) >= 11 is 0. The lowest BCUT2D eigenvalue weighted by atomic mass is 10.3. The molecule has 0 spiro atoms. The molecular formula is C22H12F6N4. The summed E-state index contributed by atoms with van der Waals surface area (Å²) in [5, 5.41) is 0. The van der Waals surface area contributed by atoms with E-state index in [1.165, 1.54) is 72.8 Å². The molecule has 0 N–H and O–H groups in total. The number of hydrogen-bond acceptors (Lipinski definition) is 2. The van der Waals surface area contributed by atoms with Gasteiger partial charge in [-0.3, -0.25) is 9.13 Å². The van der Waals surface area contributed by atoms with E-state index >= 15 is 0 Å². The maximum atomic E-state index is 13.8. The van der Waals surface area contributed by atoms with Crippen LogP contribution in [0.2, 0.25) is 0 Å². The van der Waals surface area contributed by atoms with E-state index < -0.39 is 12.6 Å². The SMILES string of the molecule is FC(F)(F)n1c2ccc1cc1nc(cc3ccc(cc4nc(c2)C=C4)n3C(F)(F)F)C=C1. The van der Waals surface area contributed by atoms with Crippen molar-refractivity contribution < 1.29 is 26.3 Å². The summed E-state index contributed by atoms with van der Waals surface area (Å²) in [6, 6.07) is 10.1. The minimum atomic E-state index is -4.70. The van der Waals surface area contributed by atoms with E-state index in [0.29, 0.717) is 0 Å². The van der Waals surface area contributed by atoms with Crippen molar-refractivity contribution in [1.29, 1.82) is 0 Å². The molecule has 3 aromatic rings. The number of alkyl halides is 6. The molecule has 0 unspecified atom stereocenters. The number of aromatic nitrogens is 4. The van der Waals surface area contributed by atoms with Crippen LogP contribution < -0.4 is 0 Å². The molecule has 5 rings (SSSR count). The molecular weight excluding hydrogens is 434 g/mol. The molecule has 3 aromatic heterocycles. The van der Waals surface area contributed by atoms with Crippen molar-refractivity contribution in [3.8, 4) is 0 Å². The first-order valence-electron chi connectivity index (χ1n) is 9.32. The van der Waals surface area contributed by atoms with Crippen LogP contribution in [0.3, 0.4) is 0 Å². The second-order valence-corrected chi connectivity index (χ2v) is 7.14. The molecule has 0 aliphatic carbocycles. The third-order valence-electron chi connectivity index (χ3n) is 4.94. The fraction of sp³-hybridized carbons (Fsp3) is 0.0909. The zero-order chi connectivity index (χ0) is 22.7. The monoisotopic (exact) mass is 446 g/mol. The first-order valence-corrected chi connectivity index (χ1v) is 9.32. The lowest BCUT2D eigenvalue weighted by Crippen LogP contribution is -2.15. The highest BCUT2D eigenvalue weighted by Crippen LogP contribution is 2.31. The van der Waals surface area contributed by atoms with Crippen molar-refractivity contribution in [1.82, 2.24) is 19.1 Å². The van der Waals surface area contributed by atoms with E-state index in [1.807, 2.05) is 0 Å². The van der Waals surface area contributed by atoms with Crippen molar-refractivity contribution >= 4 is 46.4 Å². The first kappa shape index (κ1) is 20.1. The molecule has 2 aliphatic rings. The third kappa shape index (κ3) is 3.57. The van der Waals surface area contributed by atoms with E-state index in [9.17, 15) is 26.3 Å². The van der Waals surface area contributed by atoms with Gasteiger partial charge in [0.05, 0.1) is 44.8 Å². The number of rotatable bonds is 0. The van der Waals surface area contributed by atoms with Crippen LogP contribution in [0.5, 0.6) is 0 Å². The molecule has 162 valence electrons. The summed E-state index contributed by atoms with van der Waals surface area (Å²) in [4.78, 5) is 8.32. The molecule has 4 nitrogen and oxygen atoms in total. The Labute approximate surface area is 176 Å². The molecule has 0 aromatic carbocycles. The minimum Gasteiger partial charge on any atom is -0.253 e. The summed E-state index contributed by atoms with van der Waals surface area (Å²) in [7, 11) is 0. The van der Waals surface area contributed by atoms with Crippen LogP contribution in [0.15, 0.2) is 48.5 Å². The Morgan fingerprint density at radius 3 is 0.938 bits per heavy atom. The highest BCUT2D eigenvalue weighted by Gasteiger charge is 2.33. The average molecular weight is 446 g/mol. The van der Waals surface area contributed by atoms with Crippen LogP contribution in [-0.2, 0) is 12.6 Å². The Kier molecular flexibility index (Phi) is 4.30. The van der Waals surface area contributed by atoms with Crippen LogP contribution >= 0.6 is 0 Å². The number of nitrogens with zero attached hydrogens (tertiary/aromatic N) is 4. The maximum absolute atomic E-state index is 13.8. The van der Waals surface area contributed by atoms with Gasteiger partial charge in [0.2, 0.25) is 0 Å². The maximum Gasteiger partial charge on any atom is 0.489 e. The van der Waals surface area contributed by atoms with Gasteiger partial charge in [0.15, 0.2) is 0 Å². The van der Waals surface area contributed by atoms with Crippen molar-refractivity contribution in [2.45, 2.75) is 12.6 Å². The molecule has 0 fully saturated rings. The normalized spacial score (nSPS) is 13.7. The van der Waals surface area contributed by atoms with Gasteiger partial charge in [-0.2, -0.15) is 0 Å². The van der Waals surface area contributed by atoms with Crippen LogP contribution in [0.1, 0.15) is 22.8 Å². The van der Waals surface area contributed by atoms with Crippen LogP contribution in [0, 0.1) is 0 Å². The second kappa shape index (κ2) is 6.84. The van der Waals surface area contributed by atoms with Crippen LogP contribution in [0.25, 0.3) is 46.4 Å². The second-order valence-electron chi connectivity index (χ2n) is 7.14. The molecule has 32 heavy (non-hydrogen) atoms. The summed E-state index contributed by atoms with van der Waals surface area (Å²) in [6.07, 6.45) is -3.62. The smallest absolute Gasteiger partial charge is 0.253 e. The summed E-state index contributed by atoms with van der Waals surface area (Å²) in [5.74, 6) is 0. The zero-order valence-corrected chi connectivity index (χ0v) is 16.0. The summed E-state index contributed by atoms with van der Waals surface area (Å²) in [6.45, 7) is 0. The average Bonchev–Trinajstić information content (AvgIpc) is 3.43. The van der Waals surface area contributed by atoms with Gasteiger partial charge < -0.3 is 0 Å². The molecule has 0 radical (unpaired) electrons. The standard InChI is InChI=1S/C22H12F6N4/c23-21(24,25)31-17-5-6-19(31)11-15-3-4-16(30-15)12-20-8-7-18(32(20)22(26,27)28)10-14-2-1-13(9-17)29-14/h1-12H. The first-order chi connectivity index (χ1) is 15.1. The number of fused-ring (bicyclic) bond motifs is 8. The zero-order valence-electron chi connectivity index (χ0n) is 16.0. The van der Waals surface area contributed by atoms with Gasteiger partial charge in [-0.25, -0.2) is 9.97 Å². The van der Waals surface area contributed by atoms with E-state index in [4.69, 9.17) is 0 Å². The highest BCUT2D eigenvalue weighted by molar-refractivity contribution is 5.78. The molecule has 0 saturated heterocycles. The minimum absolute atomic E-state index is 0.167. The lowest BCUT2D eigenvalue weighted by molar-refractivity contribution is -0.198. The van der Waals surface area contributed by atoms with Crippen molar-refractivity contribution in [2.24, 2.45) is 0 Å². The predicted octanol–water partition coefficient (Wildman–Crippen LogP) is 6.56. The largest absolute Gasteiger partial charge is 0.489 e. The molecule has 10 heteroatoms. The van der Waals surface area contributed by atoms with Gasteiger partial charge in [0.25, 0.3) is 0 Å². The van der Waals surface area contributed by atoms with E-state index in [1.54, 1.807) is 0 Å². The molecule has 8 bridgehead atoms.